The number of halogens is 2. The molecule has 1 amide bonds. The predicted molar refractivity (Wildman–Crippen MR) is 166 cm³/mol. The van der Waals surface area contributed by atoms with Crippen molar-refractivity contribution in [3.8, 4) is 17.6 Å². The van der Waals surface area contributed by atoms with E-state index >= 15 is 0 Å². The molecule has 0 spiro atoms. The summed E-state index contributed by atoms with van der Waals surface area (Å²) < 4.78 is 25.2. The van der Waals surface area contributed by atoms with E-state index in [4.69, 9.17) is 21.1 Å². The maximum absolute atomic E-state index is 13.4. The number of piperidine rings is 1. The van der Waals surface area contributed by atoms with Crippen molar-refractivity contribution >= 4 is 34.6 Å². The van der Waals surface area contributed by atoms with Gasteiger partial charge in [-0.1, -0.05) is 11.6 Å². The van der Waals surface area contributed by atoms with Crippen LogP contribution in [0.25, 0.3) is 5.01 Å². The lowest BCUT2D eigenvalue weighted by Crippen LogP contribution is -2.43. The maximum atomic E-state index is 13.4. The maximum Gasteiger partial charge on any atom is 0.306 e. The number of carbonyl (C=O) groups excluding carboxylic acids is 1. The quantitative estimate of drug-likeness (QED) is 0.235. The number of fused-ring (bicyclic) bond motifs is 1. The Hall–Kier alpha value is -3.46. The Bertz CT molecular complexity index is 1280. The van der Waals surface area contributed by atoms with Crippen LogP contribution in [0.3, 0.4) is 0 Å². The van der Waals surface area contributed by atoms with Gasteiger partial charge in [0.05, 0.1) is 23.4 Å². The highest BCUT2D eigenvalue weighted by Gasteiger charge is 2.34. The average Bonchev–Trinajstić information content (AvgIpc) is 2.95. The first-order chi connectivity index (χ1) is 20.3. The molecule has 4 N–H and O–H groups in total. The molecule has 2 aliphatic heterocycles. The summed E-state index contributed by atoms with van der Waals surface area (Å²) in [7, 11) is 3.94. The summed E-state index contributed by atoms with van der Waals surface area (Å²) in [6.45, 7) is 4.27. The third kappa shape index (κ3) is 8.53. The topological polar surface area (TPSA) is 114 Å². The first kappa shape index (κ1) is 31.5. The van der Waals surface area contributed by atoms with Crippen LogP contribution in [0.4, 0.5) is 21.5 Å². The van der Waals surface area contributed by atoms with Gasteiger partial charge in [-0.15, -0.1) is 0 Å². The number of carbonyl (C=O) groups is 1. The number of nitrogens with zero attached hydrogens (tertiary/aromatic N) is 2. The fraction of sp³-hybridized carbons (Fsp3) is 0.533. The molecule has 1 fully saturated rings. The molecule has 42 heavy (non-hydrogen) atoms. The van der Waals surface area contributed by atoms with E-state index in [2.05, 4.69) is 32.3 Å². The minimum Gasteiger partial charge on any atom is -0.498 e. The Balaban J connectivity index is 1.53. The average molecular weight is 603 g/mol. The molecule has 0 saturated carbocycles. The second kappa shape index (κ2) is 15.1. The SMILES string of the molecule is CCOc1cc2c(cc1NC(=O)CCCN(C)C)C(Nc1ccc(OCC3CCC(F)CN3)c(Cl)c1)C(C#[N+][O-])CN2. The molecule has 4 unspecified atom stereocenters. The van der Waals surface area contributed by atoms with Crippen LogP contribution >= 0.6 is 11.6 Å². The summed E-state index contributed by atoms with van der Waals surface area (Å²) in [5, 5.41) is 27.6. The highest BCUT2D eigenvalue weighted by Crippen LogP contribution is 2.42. The first-order valence-corrected chi connectivity index (χ1v) is 14.8. The Labute approximate surface area is 251 Å². The summed E-state index contributed by atoms with van der Waals surface area (Å²) in [6, 6.07) is 11.4. The number of hydrogen-bond donors (Lipinski definition) is 4. The van der Waals surface area contributed by atoms with Gasteiger partial charge in [0.15, 0.2) is 0 Å². The van der Waals surface area contributed by atoms with Crippen LogP contribution < -0.4 is 30.7 Å². The van der Waals surface area contributed by atoms with Crippen molar-refractivity contribution in [3.05, 3.63) is 51.1 Å². The molecular formula is C30H40ClFN6O4. The number of benzene rings is 2. The molecule has 0 aliphatic carbocycles. The van der Waals surface area contributed by atoms with Crippen LogP contribution in [0.5, 0.6) is 11.5 Å². The number of rotatable bonds is 12. The summed E-state index contributed by atoms with van der Waals surface area (Å²) >= 11 is 6.58. The van der Waals surface area contributed by atoms with Crippen molar-refractivity contribution in [1.82, 2.24) is 10.2 Å². The monoisotopic (exact) mass is 602 g/mol. The fourth-order valence-electron chi connectivity index (χ4n) is 5.17. The minimum absolute atomic E-state index is 0.0732. The van der Waals surface area contributed by atoms with E-state index in [1.807, 2.05) is 44.1 Å². The van der Waals surface area contributed by atoms with Crippen LogP contribution in [0.2, 0.25) is 5.02 Å². The van der Waals surface area contributed by atoms with Crippen LogP contribution in [-0.4, -0.2) is 70.0 Å². The lowest BCUT2D eigenvalue weighted by Gasteiger charge is -2.32. The van der Waals surface area contributed by atoms with Gasteiger partial charge in [-0.05, 0) is 71.1 Å². The van der Waals surface area contributed by atoms with Crippen LogP contribution in [-0.2, 0) is 4.79 Å². The number of amides is 1. The minimum atomic E-state index is -0.811. The van der Waals surface area contributed by atoms with Crippen LogP contribution in [0.15, 0.2) is 30.3 Å². The van der Waals surface area contributed by atoms with E-state index in [-0.39, 0.29) is 11.9 Å². The molecule has 0 bridgehead atoms. The van der Waals surface area contributed by atoms with Crippen molar-refractivity contribution in [1.29, 1.82) is 0 Å². The van der Waals surface area contributed by atoms with Crippen molar-refractivity contribution in [3.63, 3.8) is 0 Å². The van der Waals surface area contributed by atoms with Gasteiger partial charge in [0.1, 0.15) is 30.2 Å². The van der Waals surface area contributed by atoms with Gasteiger partial charge in [-0.25, -0.2) is 4.39 Å². The van der Waals surface area contributed by atoms with Gasteiger partial charge in [0.25, 0.3) is 0 Å². The molecule has 2 aliphatic rings. The van der Waals surface area contributed by atoms with Gasteiger partial charge in [0, 0.05) is 53.6 Å². The molecule has 2 heterocycles. The predicted octanol–water partition coefficient (Wildman–Crippen LogP) is 5.51. The standard InChI is InChI=1S/C30H40ClFN6O4/c1-4-41-28-14-25-23(13-26(28)37-29(39)6-5-11-38(2)3)30(19(15-34-25)16-35-40)36-21-9-10-27(24(31)12-21)42-18-22-8-7-20(32)17-33-22/h9-10,12-14,19-20,22,30,33-34,36H,4-8,11,15,17-18H2,1-3H3,(H,37,39). The van der Waals surface area contributed by atoms with E-state index in [0.29, 0.717) is 73.5 Å². The van der Waals surface area contributed by atoms with E-state index in [9.17, 15) is 14.4 Å². The normalized spacial score (nSPS) is 21.4. The van der Waals surface area contributed by atoms with Gasteiger partial charge < -0.3 is 40.8 Å². The van der Waals surface area contributed by atoms with Gasteiger partial charge in [0.2, 0.25) is 5.91 Å². The van der Waals surface area contributed by atoms with E-state index in [1.165, 1.54) is 0 Å². The lowest BCUT2D eigenvalue weighted by molar-refractivity contribution is -0.116. The number of hydrogen-bond acceptors (Lipinski definition) is 8. The summed E-state index contributed by atoms with van der Waals surface area (Å²) in [5.41, 5.74) is 2.89. The first-order valence-electron chi connectivity index (χ1n) is 14.4. The van der Waals surface area contributed by atoms with Crippen molar-refractivity contribution in [2.24, 2.45) is 5.92 Å². The highest BCUT2D eigenvalue weighted by atomic mass is 35.5. The third-order valence-electron chi connectivity index (χ3n) is 7.35. The molecule has 10 nitrogen and oxygen atoms in total. The number of anilines is 3. The van der Waals surface area contributed by atoms with Crippen molar-refractivity contribution < 1.29 is 18.7 Å². The van der Waals surface area contributed by atoms with Gasteiger partial charge in [-0.2, -0.15) is 0 Å². The smallest absolute Gasteiger partial charge is 0.306 e. The number of alkyl halides is 1. The van der Waals surface area contributed by atoms with Crippen LogP contribution in [0, 0.1) is 17.2 Å². The Morgan fingerprint density at radius 2 is 2.05 bits per heavy atom. The number of nitrogens with one attached hydrogen (secondary N) is 4. The lowest BCUT2D eigenvalue weighted by atomic mass is 9.88. The van der Waals surface area contributed by atoms with E-state index in [1.54, 1.807) is 12.1 Å². The second-order valence-corrected chi connectivity index (χ2v) is 11.3. The van der Waals surface area contributed by atoms with Gasteiger partial charge >= 0.3 is 6.07 Å². The van der Waals surface area contributed by atoms with E-state index < -0.39 is 18.1 Å². The highest BCUT2D eigenvalue weighted by molar-refractivity contribution is 6.32. The molecule has 0 aromatic heterocycles. The number of ether oxygens (including phenoxy) is 2. The Kier molecular flexibility index (Phi) is 11.3. The third-order valence-corrected chi connectivity index (χ3v) is 7.65. The molecule has 2 aromatic rings. The molecular weight excluding hydrogens is 563 g/mol. The van der Waals surface area contributed by atoms with Crippen molar-refractivity contribution in [2.75, 3.05) is 62.9 Å². The molecule has 228 valence electrons. The summed E-state index contributed by atoms with van der Waals surface area (Å²) in [6.07, 6.45) is 1.52. The molecule has 2 aromatic carbocycles. The summed E-state index contributed by atoms with van der Waals surface area (Å²) in [5.74, 6) is 0.581. The largest absolute Gasteiger partial charge is 0.498 e. The fourth-order valence-corrected chi connectivity index (χ4v) is 5.40. The van der Waals surface area contributed by atoms with Crippen LogP contribution in [0.1, 0.15) is 44.2 Å². The van der Waals surface area contributed by atoms with Crippen molar-refractivity contribution in [2.45, 2.75) is 50.9 Å². The van der Waals surface area contributed by atoms with E-state index in [0.717, 1.165) is 24.2 Å². The second-order valence-electron chi connectivity index (χ2n) is 10.9. The zero-order valence-corrected chi connectivity index (χ0v) is 25.1. The summed E-state index contributed by atoms with van der Waals surface area (Å²) in [4.78, 5) is 14.8. The Morgan fingerprint density at radius 1 is 1.21 bits per heavy atom. The van der Waals surface area contributed by atoms with Gasteiger partial charge in [-0.3, -0.25) is 4.79 Å². The molecule has 12 heteroatoms. The molecule has 4 atom stereocenters. The molecule has 4 rings (SSSR count). The molecule has 1 saturated heterocycles. The molecule has 0 radical (unpaired) electrons. The zero-order valence-electron chi connectivity index (χ0n) is 24.3. The Morgan fingerprint density at radius 3 is 2.74 bits per heavy atom. The zero-order chi connectivity index (χ0) is 30.1.